The highest BCUT2D eigenvalue weighted by molar-refractivity contribution is 6.22. The van der Waals surface area contributed by atoms with Gasteiger partial charge in [0.2, 0.25) is 0 Å². The summed E-state index contributed by atoms with van der Waals surface area (Å²) in [5.41, 5.74) is 1.19. The molecule has 0 saturated carbocycles. The number of nitrogens with one attached hydrogen (secondary N) is 1. The highest BCUT2D eigenvalue weighted by Crippen LogP contribution is 2.25. The Morgan fingerprint density at radius 3 is 2.24 bits per heavy atom. The van der Waals surface area contributed by atoms with Crippen molar-refractivity contribution in [2.75, 3.05) is 5.32 Å². The minimum Gasteiger partial charge on any atom is -0.451 e. The van der Waals surface area contributed by atoms with Crippen molar-refractivity contribution in [1.29, 1.82) is 5.26 Å². The second kappa shape index (κ2) is 7.94. The fourth-order valence-corrected chi connectivity index (χ4v) is 2.90. The maximum atomic E-state index is 12.5. The van der Waals surface area contributed by atoms with Crippen molar-refractivity contribution in [3.05, 3.63) is 65.2 Å². The Labute approximate surface area is 166 Å². The number of anilines is 1. The minimum atomic E-state index is -1.19. The van der Waals surface area contributed by atoms with Crippen LogP contribution in [-0.2, 0) is 14.3 Å². The molecule has 2 aromatic rings. The van der Waals surface area contributed by atoms with Crippen molar-refractivity contribution in [1.82, 2.24) is 4.90 Å². The van der Waals surface area contributed by atoms with Gasteiger partial charge < -0.3 is 10.1 Å². The topological polar surface area (TPSA) is 117 Å². The summed E-state index contributed by atoms with van der Waals surface area (Å²) in [6.07, 6.45) is -1.18. The highest BCUT2D eigenvalue weighted by atomic mass is 16.5. The molecule has 0 aromatic heterocycles. The largest absolute Gasteiger partial charge is 0.451 e. The summed E-state index contributed by atoms with van der Waals surface area (Å²) in [7, 11) is 0. The number of fused-ring (bicyclic) bond motifs is 1. The van der Waals surface area contributed by atoms with E-state index in [2.05, 4.69) is 5.32 Å². The van der Waals surface area contributed by atoms with Crippen LogP contribution in [0.1, 0.15) is 40.1 Å². The van der Waals surface area contributed by atoms with Crippen LogP contribution in [0.15, 0.2) is 48.5 Å². The highest BCUT2D eigenvalue weighted by Gasteiger charge is 2.41. The van der Waals surface area contributed by atoms with Crippen LogP contribution < -0.4 is 5.32 Å². The zero-order valence-corrected chi connectivity index (χ0v) is 15.7. The lowest BCUT2D eigenvalue weighted by molar-refractivity contribution is -0.156. The van der Waals surface area contributed by atoms with Crippen molar-refractivity contribution in [2.45, 2.75) is 26.0 Å². The molecule has 3 amide bonds. The Morgan fingerprint density at radius 2 is 1.66 bits per heavy atom. The third kappa shape index (κ3) is 3.84. The van der Waals surface area contributed by atoms with Gasteiger partial charge in [0.25, 0.3) is 17.7 Å². The van der Waals surface area contributed by atoms with Gasteiger partial charge >= 0.3 is 5.97 Å². The van der Waals surface area contributed by atoms with Crippen LogP contribution in [0, 0.1) is 11.3 Å². The number of nitriles is 1. The Morgan fingerprint density at radius 1 is 1.03 bits per heavy atom. The van der Waals surface area contributed by atoms with Crippen LogP contribution in [0.4, 0.5) is 5.69 Å². The lowest BCUT2D eigenvalue weighted by Gasteiger charge is -2.22. The van der Waals surface area contributed by atoms with E-state index in [-0.39, 0.29) is 11.1 Å². The van der Waals surface area contributed by atoms with E-state index in [0.717, 1.165) is 4.90 Å². The first-order valence-corrected chi connectivity index (χ1v) is 8.82. The molecule has 2 unspecified atom stereocenters. The van der Waals surface area contributed by atoms with Gasteiger partial charge in [-0.3, -0.25) is 19.3 Å². The number of hydrogen-bond acceptors (Lipinski definition) is 6. The first-order chi connectivity index (χ1) is 13.8. The number of amides is 3. The molecule has 3 rings (SSSR count). The van der Waals surface area contributed by atoms with E-state index in [9.17, 15) is 19.2 Å². The number of benzene rings is 2. The lowest BCUT2D eigenvalue weighted by Crippen LogP contribution is -2.45. The monoisotopic (exact) mass is 391 g/mol. The van der Waals surface area contributed by atoms with Crippen LogP contribution >= 0.6 is 0 Å². The number of carbonyl (C=O) groups excluding carboxylic acids is 4. The molecular formula is C21H17N3O5. The van der Waals surface area contributed by atoms with Gasteiger partial charge in [-0.1, -0.05) is 18.2 Å². The summed E-state index contributed by atoms with van der Waals surface area (Å²) in [4.78, 5) is 50.5. The smallest absolute Gasteiger partial charge is 0.329 e. The number of nitrogens with zero attached hydrogens (tertiary/aromatic N) is 2. The molecule has 1 N–H and O–H groups in total. The van der Waals surface area contributed by atoms with E-state index >= 15 is 0 Å². The summed E-state index contributed by atoms with van der Waals surface area (Å²) in [5, 5.41) is 11.5. The molecule has 0 aliphatic carbocycles. The number of hydrogen-bond donors (Lipinski definition) is 1. The lowest BCUT2D eigenvalue weighted by atomic mass is 10.1. The molecule has 1 aliphatic rings. The zero-order valence-electron chi connectivity index (χ0n) is 15.7. The van der Waals surface area contributed by atoms with E-state index in [1.54, 1.807) is 30.3 Å². The molecule has 0 radical (unpaired) electrons. The maximum absolute atomic E-state index is 12.5. The summed E-state index contributed by atoms with van der Waals surface area (Å²) in [5.74, 6) is -2.66. The summed E-state index contributed by atoms with van der Waals surface area (Å²) in [6, 6.07) is 13.3. The second-order valence-corrected chi connectivity index (χ2v) is 6.46. The van der Waals surface area contributed by atoms with Gasteiger partial charge in [0.05, 0.1) is 22.8 Å². The second-order valence-electron chi connectivity index (χ2n) is 6.46. The Bertz CT molecular complexity index is 1020. The van der Waals surface area contributed by atoms with E-state index in [1.807, 2.05) is 6.07 Å². The molecule has 8 heteroatoms. The third-order valence-electron chi connectivity index (χ3n) is 4.48. The molecule has 0 bridgehead atoms. The first-order valence-electron chi connectivity index (χ1n) is 8.82. The normalized spacial score (nSPS) is 14.6. The summed E-state index contributed by atoms with van der Waals surface area (Å²) in [6.45, 7) is 2.74. The van der Waals surface area contributed by atoms with Crippen molar-refractivity contribution in [3.63, 3.8) is 0 Å². The number of carbonyl (C=O) groups is 4. The number of rotatable bonds is 5. The number of esters is 1. The number of ether oxygens (including phenoxy) is 1. The molecule has 2 aromatic carbocycles. The van der Waals surface area contributed by atoms with E-state index in [0.29, 0.717) is 11.3 Å². The van der Waals surface area contributed by atoms with Gasteiger partial charge in [-0.15, -0.1) is 0 Å². The van der Waals surface area contributed by atoms with E-state index < -0.39 is 35.8 Å². The van der Waals surface area contributed by atoms with Crippen LogP contribution in [0.25, 0.3) is 0 Å². The van der Waals surface area contributed by atoms with Crippen LogP contribution in [0.3, 0.4) is 0 Å². The maximum Gasteiger partial charge on any atom is 0.329 e. The molecule has 0 spiro atoms. The molecule has 8 nitrogen and oxygen atoms in total. The van der Waals surface area contributed by atoms with E-state index in [1.165, 1.54) is 32.0 Å². The van der Waals surface area contributed by atoms with Crippen molar-refractivity contribution in [3.8, 4) is 6.07 Å². The number of imide groups is 1. The summed E-state index contributed by atoms with van der Waals surface area (Å²) < 4.78 is 5.15. The van der Waals surface area contributed by atoms with Gasteiger partial charge in [0, 0.05) is 5.69 Å². The van der Waals surface area contributed by atoms with Crippen LogP contribution in [-0.4, -0.2) is 40.7 Å². The molecule has 0 saturated heterocycles. The van der Waals surface area contributed by atoms with Crippen molar-refractivity contribution in [2.24, 2.45) is 0 Å². The van der Waals surface area contributed by atoms with Gasteiger partial charge in [-0.25, -0.2) is 4.79 Å². The Kier molecular flexibility index (Phi) is 5.41. The fraction of sp³-hybridized carbons (Fsp3) is 0.190. The van der Waals surface area contributed by atoms with Gasteiger partial charge in [-0.05, 0) is 44.2 Å². The average Bonchev–Trinajstić information content (AvgIpc) is 2.98. The Hall–Kier alpha value is -3.99. The Balaban J connectivity index is 1.65. The predicted molar refractivity (Wildman–Crippen MR) is 102 cm³/mol. The first kappa shape index (κ1) is 19.8. The van der Waals surface area contributed by atoms with Crippen LogP contribution in [0.2, 0.25) is 0 Å². The van der Waals surface area contributed by atoms with Crippen molar-refractivity contribution < 1.29 is 23.9 Å². The average molecular weight is 391 g/mol. The van der Waals surface area contributed by atoms with Gasteiger partial charge in [-0.2, -0.15) is 5.26 Å². The van der Waals surface area contributed by atoms with E-state index in [4.69, 9.17) is 10.00 Å². The molecule has 2 atom stereocenters. The molecule has 1 heterocycles. The fourth-order valence-electron chi connectivity index (χ4n) is 2.90. The SMILES string of the molecule is CC(OC(=O)C(C)N1C(=O)c2ccccc2C1=O)C(=O)Nc1cccc(C#N)c1. The van der Waals surface area contributed by atoms with Crippen molar-refractivity contribution >= 4 is 29.4 Å². The van der Waals surface area contributed by atoms with Gasteiger partial charge in [0.1, 0.15) is 6.04 Å². The molecule has 1 aliphatic heterocycles. The molecule has 29 heavy (non-hydrogen) atoms. The molecule has 146 valence electrons. The molecule has 0 fully saturated rings. The third-order valence-corrected chi connectivity index (χ3v) is 4.48. The predicted octanol–water partition coefficient (Wildman–Crippen LogP) is 2.11. The minimum absolute atomic E-state index is 0.223. The van der Waals surface area contributed by atoms with Gasteiger partial charge in [0.15, 0.2) is 6.10 Å². The van der Waals surface area contributed by atoms with Crippen LogP contribution in [0.5, 0.6) is 0 Å². The quantitative estimate of drug-likeness (QED) is 0.616. The zero-order chi connectivity index (χ0) is 21.1. The summed E-state index contributed by atoms with van der Waals surface area (Å²) >= 11 is 0. The standard InChI is InChI=1S/C21H17N3O5/c1-12(24-19(26)16-8-3-4-9-17(16)20(24)27)21(28)29-13(2)18(25)23-15-7-5-6-14(10-15)11-22/h3-10,12-13H,1-2H3,(H,23,25). The molecular weight excluding hydrogens is 374 g/mol.